The molecule has 24 heavy (non-hydrogen) atoms. The minimum Gasteiger partial charge on any atom is -0.496 e. The summed E-state index contributed by atoms with van der Waals surface area (Å²) in [5.41, 5.74) is 1.19. The minimum absolute atomic E-state index is 0.0461. The minimum atomic E-state index is -3.95. The average Bonchev–Trinajstić information content (AvgIpc) is 2.49. The van der Waals surface area contributed by atoms with E-state index in [-0.39, 0.29) is 16.5 Å². The molecule has 130 valence electrons. The summed E-state index contributed by atoms with van der Waals surface area (Å²) in [6, 6.07) is 6.02. The Kier molecular flexibility index (Phi) is 5.13. The monoisotopic (exact) mass is 355 g/mol. The van der Waals surface area contributed by atoms with Gasteiger partial charge in [0.1, 0.15) is 5.75 Å². The molecule has 0 saturated carbocycles. The van der Waals surface area contributed by atoms with Crippen LogP contribution in [0.3, 0.4) is 0 Å². The molecule has 2 aromatic carbocycles. The van der Waals surface area contributed by atoms with Crippen molar-refractivity contribution in [2.75, 3.05) is 11.8 Å². The molecule has 0 spiro atoms. The number of halogens is 2. The topological polar surface area (TPSA) is 55.4 Å². The highest BCUT2D eigenvalue weighted by atomic mass is 32.2. The highest BCUT2D eigenvalue weighted by Crippen LogP contribution is 2.32. The van der Waals surface area contributed by atoms with Crippen LogP contribution in [0.25, 0.3) is 0 Å². The number of methoxy groups -OCH3 is 1. The number of hydrogen-bond acceptors (Lipinski definition) is 3. The molecule has 0 bridgehead atoms. The van der Waals surface area contributed by atoms with Gasteiger partial charge in [-0.05, 0) is 48.2 Å². The fraction of sp³-hybridized carbons (Fsp3) is 0.294. The zero-order valence-corrected chi connectivity index (χ0v) is 14.7. The highest BCUT2D eigenvalue weighted by Gasteiger charge is 2.21. The number of sulfonamides is 1. The Morgan fingerprint density at radius 2 is 1.75 bits per heavy atom. The van der Waals surface area contributed by atoms with Crippen molar-refractivity contribution in [3.63, 3.8) is 0 Å². The predicted octanol–water partition coefficient (Wildman–Crippen LogP) is 4.21. The summed E-state index contributed by atoms with van der Waals surface area (Å²) in [6.45, 7) is 5.49. The zero-order chi connectivity index (χ0) is 18.1. The highest BCUT2D eigenvalue weighted by molar-refractivity contribution is 7.92. The van der Waals surface area contributed by atoms with Crippen LogP contribution in [0.5, 0.6) is 5.75 Å². The van der Waals surface area contributed by atoms with Crippen LogP contribution in [0.4, 0.5) is 14.5 Å². The van der Waals surface area contributed by atoms with Crippen LogP contribution in [0.1, 0.15) is 30.9 Å². The van der Waals surface area contributed by atoms with E-state index < -0.39 is 21.7 Å². The first kappa shape index (κ1) is 18.2. The SMILES string of the molecule is COc1cc(C)c(S(=O)(=O)Nc2ccc(F)c(F)c2)cc1C(C)C. The van der Waals surface area contributed by atoms with E-state index >= 15 is 0 Å². The Balaban J connectivity index is 2.48. The van der Waals surface area contributed by atoms with E-state index in [9.17, 15) is 17.2 Å². The molecule has 0 heterocycles. The lowest BCUT2D eigenvalue weighted by Crippen LogP contribution is -2.15. The van der Waals surface area contributed by atoms with Gasteiger partial charge in [0.05, 0.1) is 17.7 Å². The van der Waals surface area contributed by atoms with Gasteiger partial charge in [-0.25, -0.2) is 17.2 Å². The molecule has 1 N–H and O–H groups in total. The van der Waals surface area contributed by atoms with Crippen molar-refractivity contribution < 1.29 is 21.9 Å². The maximum atomic E-state index is 13.3. The Bertz CT molecular complexity index is 864. The fourth-order valence-electron chi connectivity index (χ4n) is 2.36. The van der Waals surface area contributed by atoms with Crippen LogP contribution >= 0.6 is 0 Å². The van der Waals surface area contributed by atoms with E-state index in [4.69, 9.17) is 4.74 Å². The largest absolute Gasteiger partial charge is 0.496 e. The molecule has 2 aromatic rings. The van der Waals surface area contributed by atoms with Crippen molar-refractivity contribution in [3.8, 4) is 5.75 Å². The number of hydrogen-bond donors (Lipinski definition) is 1. The summed E-state index contributed by atoms with van der Waals surface area (Å²) < 4.78 is 59.1. The third-order valence-corrected chi connectivity index (χ3v) is 5.13. The molecule has 4 nitrogen and oxygen atoms in total. The Labute approximate surface area is 140 Å². The molecule has 0 atom stereocenters. The van der Waals surface area contributed by atoms with Gasteiger partial charge in [-0.1, -0.05) is 13.8 Å². The van der Waals surface area contributed by atoms with Gasteiger partial charge < -0.3 is 4.74 Å². The molecule has 0 radical (unpaired) electrons. The van der Waals surface area contributed by atoms with Crippen molar-refractivity contribution in [1.29, 1.82) is 0 Å². The van der Waals surface area contributed by atoms with Gasteiger partial charge in [0.25, 0.3) is 10.0 Å². The second kappa shape index (κ2) is 6.76. The van der Waals surface area contributed by atoms with Crippen LogP contribution in [-0.2, 0) is 10.0 Å². The first-order chi connectivity index (χ1) is 11.2. The molecule has 0 aliphatic rings. The summed E-state index contributed by atoms with van der Waals surface area (Å²) in [7, 11) is -2.43. The standard InChI is InChI=1S/C17H19F2NO3S/c1-10(2)13-9-17(11(3)7-16(13)23-4)24(21,22)20-12-5-6-14(18)15(19)8-12/h5-10,20H,1-4H3. The molecule has 0 fully saturated rings. The van der Waals surface area contributed by atoms with Gasteiger partial charge in [-0.15, -0.1) is 0 Å². The average molecular weight is 355 g/mol. The first-order valence-electron chi connectivity index (χ1n) is 7.32. The van der Waals surface area contributed by atoms with E-state index in [2.05, 4.69) is 4.72 Å². The Morgan fingerprint density at radius 3 is 2.29 bits per heavy atom. The number of ether oxygens (including phenoxy) is 1. The van der Waals surface area contributed by atoms with Crippen molar-refractivity contribution >= 4 is 15.7 Å². The fourth-order valence-corrected chi connectivity index (χ4v) is 3.68. The first-order valence-corrected chi connectivity index (χ1v) is 8.80. The van der Waals surface area contributed by atoms with Crippen LogP contribution < -0.4 is 9.46 Å². The van der Waals surface area contributed by atoms with Gasteiger partial charge >= 0.3 is 0 Å². The number of benzene rings is 2. The smallest absolute Gasteiger partial charge is 0.262 e. The van der Waals surface area contributed by atoms with Crippen molar-refractivity contribution in [2.24, 2.45) is 0 Å². The molecular weight excluding hydrogens is 336 g/mol. The molecule has 0 aliphatic carbocycles. The lowest BCUT2D eigenvalue weighted by atomic mass is 10.0. The molecule has 0 saturated heterocycles. The second-order valence-electron chi connectivity index (χ2n) is 5.75. The molecule has 0 aromatic heterocycles. The predicted molar refractivity (Wildman–Crippen MR) is 89.0 cm³/mol. The molecule has 0 unspecified atom stereocenters. The van der Waals surface area contributed by atoms with Gasteiger partial charge in [-0.3, -0.25) is 4.72 Å². The van der Waals surface area contributed by atoms with Crippen LogP contribution in [-0.4, -0.2) is 15.5 Å². The van der Waals surface area contributed by atoms with Crippen molar-refractivity contribution in [3.05, 3.63) is 53.1 Å². The summed E-state index contributed by atoms with van der Waals surface area (Å²) in [5.74, 6) is -1.50. The van der Waals surface area contributed by atoms with Crippen molar-refractivity contribution in [1.82, 2.24) is 0 Å². The molecular formula is C17H19F2NO3S. The lowest BCUT2D eigenvalue weighted by molar-refractivity contribution is 0.406. The maximum absolute atomic E-state index is 13.3. The second-order valence-corrected chi connectivity index (χ2v) is 7.40. The Hall–Kier alpha value is -2.15. The van der Waals surface area contributed by atoms with Gasteiger partial charge in [0.15, 0.2) is 11.6 Å². The maximum Gasteiger partial charge on any atom is 0.262 e. The molecule has 2 rings (SSSR count). The quantitative estimate of drug-likeness (QED) is 0.874. The van der Waals surface area contributed by atoms with E-state index in [1.807, 2.05) is 13.8 Å². The van der Waals surface area contributed by atoms with E-state index in [0.29, 0.717) is 11.3 Å². The van der Waals surface area contributed by atoms with Crippen LogP contribution in [0, 0.1) is 18.6 Å². The Morgan fingerprint density at radius 1 is 1.08 bits per heavy atom. The number of nitrogens with one attached hydrogen (secondary N) is 1. The van der Waals surface area contributed by atoms with Crippen LogP contribution in [0.2, 0.25) is 0 Å². The zero-order valence-electron chi connectivity index (χ0n) is 13.9. The van der Waals surface area contributed by atoms with Gasteiger partial charge in [0.2, 0.25) is 0 Å². The normalized spacial score (nSPS) is 11.6. The van der Waals surface area contributed by atoms with Crippen molar-refractivity contribution in [2.45, 2.75) is 31.6 Å². The summed E-state index contributed by atoms with van der Waals surface area (Å²) >= 11 is 0. The summed E-state index contributed by atoms with van der Waals surface area (Å²) in [6.07, 6.45) is 0. The molecule has 7 heteroatoms. The van der Waals surface area contributed by atoms with E-state index in [1.54, 1.807) is 19.1 Å². The summed E-state index contributed by atoms with van der Waals surface area (Å²) in [4.78, 5) is 0.0664. The number of rotatable bonds is 5. The number of anilines is 1. The van der Waals surface area contributed by atoms with Gasteiger partial charge in [-0.2, -0.15) is 0 Å². The van der Waals surface area contributed by atoms with E-state index in [0.717, 1.165) is 23.8 Å². The third kappa shape index (κ3) is 3.67. The van der Waals surface area contributed by atoms with Gasteiger partial charge in [0, 0.05) is 6.07 Å². The van der Waals surface area contributed by atoms with E-state index in [1.165, 1.54) is 7.11 Å². The summed E-state index contributed by atoms with van der Waals surface area (Å²) in [5, 5.41) is 0. The third-order valence-electron chi connectivity index (χ3n) is 3.61. The van der Waals surface area contributed by atoms with Crippen LogP contribution in [0.15, 0.2) is 35.2 Å². The molecule has 0 aliphatic heterocycles. The molecule has 0 amide bonds. The number of aryl methyl sites for hydroxylation is 1. The lowest BCUT2D eigenvalue weighted by Gasteiger charge is -2.17.